The maximum Gasteiger partial charge on any atom is 0.407 e. The summed E-state index contributed by atoms with van der Waals surface area (Å²) < 4.78 is 5.20. The third-order valence-electron chi connectivity index (χ3n) is 3.57. The van der Waals surface area contributed by atoms with Crippen LogP contribution >= 0.6 is 0 Å². The van der Waals surface area contributed by atoms with Crippen LogP contribution in [0.25, 0.3) is 0 Å². The van der Waals surface area contributed by atoms with Crippen LogP contribution in [0.4, 0.5) is 16.2 Å². The Morgan fingerprint density at radius 2 is 1.96 bits per heavy atom. The molecule has 1 aliphatic rings. The lowest BCUT2D eigenvalue weighted by Crippen LogP contribution is -2.50. The highest BCUT2D eigenvalue weighted by Gasteiger charge is 2.32. The molecule has 0 spiro atoms. The second-order valence-corrected chi connectivity index (χ2v) is 6.93. The standard InChI is InChI=1S/C16H23N3O4/c1-10-5-6-14(19(21)22)13(7-10)17-11-8-12(9-11)18-15(20)23-16(2,3)4/h5-7,11-12,17H,8-9H2,1-4H3,(H,18,20). The number of amides is 1. The molecule has 0 aliphatic heterocycles. The largest absolute Gasteiger partial charge is 0.444 e. The summed E-state index contributed by atoms with van der Waals surface area (Å²) in [5.41, 5.74) is 1.03. The van der Waals surface area contributed by atoms with E-state index in [1.165, 1.54) is 6.07 Å². The fourth-order valence-corrected chi connectivity index (χ4v) is 2.47. The topological polar surface area (TPSA) is 93.5 Å². The Balaban J connectivity index is 1.86. The van der Waals surface area contributed by atoms with E-state index < -0.39 is 16.6 Å². The number of rotatable bonds is 4. The van der Waals surface area contributed by atoms with Gasteiger partial charge in [-0.05, 0) is 52.2 Å². The third-order valence-corrected chi connectivity index (χ3v) is 3.57. The van der Waals surface area contributed by atoms with Gasteiger partial charge in [0, 0.05) is 18.2 Å². The van der Waals surface area contributed by atoms with Gasteiger partial charge in [-0.25, -0.2) is 4.79 Å². The number of nitro groups is 1. The van der Waals surface area contributed by atoms with Crippen LogP contribution in [0.15, 0.2) is 18.2 Å². The van der Waals surface area contributed by atoms with Crippen molar-refractivity contribution in [1.29, 1.82) is 0 Å². The Morgan fingerprint density at radius 3 is 2.52 bits per heavy atom. The average molecular weight is 321 g/mol. The van der Waals surface area contributed by atoms with Gasteiger partial charge in [0.2, 0.25) is 0 Å². The zero-order valence-electron chi connectivity index (χ0n) is 13.9. The van der Waals surface area contributed by atoms with E-state index in [1.54, 1.807) is 12.1 Å². The molecule has 126 valence electrons. The molecule has 2 rings (SSSR count). The molecule has 23 heavy (non-hydrogen) atoms. The van der Waals surface area contributed by atoms with Gasteiger partial charge in [-0.1, -0.05) is 6.07 Å². The molecule has 1 aromatic carbocycles. The average Bonchev–Trinajstić information content (AvgIpc) is 2.33. The van der Waals surface area contributed by atoms with Crippen molar-refractivity contribution in [3.8, 4) is 0 Å². The molecule has 7 heteroatoms. The zero-order chi connectivity index (χ0) is 17.2. The Kier molecular flexibility index (Phi) is 4.77. The predicted molar refractivity (Wildman–Crippen MR) is 87.6 cm³/mol. The number of hydrogen-bond donors (Lipinski definition) is 2. The van der Waals surface area contributed by atoms with E-state index in [0.717, 1.165) is 5.56 Å². The van der Waals surface area contributed by atoms with Gasteiger partial charge in [-0.2, -0.15) is 0 Å². The fraction of sp³-hybridized carbons (Fsp3) is 0.562. The minimum Gasteiger partial charge on any atom is -0.444 e. The van der Waals surface area contributed by atoms with Crippen LogP contribution < -0.4 is 10.6 Å². The molecule has 0 unspecified atom stereocenters. The van der Waals surface area contributed by atoms with Crippen molar-refractivity contribution in [3.63, 3.8) is 0 Å². The molecule has 1 aliphatic carbocycles. The lowest BCUT2D eigenvalue weighted by Gasteiger charge is -2.37. The van der Waals surface area contributed by atoms with E-state index in [1.807, 2.05) is 27.7 Å². The number of nitrogens with zero attached hydrogens (tertiary/aromatic N) is 1. The Bertz CT molecular complexity index is 604. The molecular weight excluding hydrogens is 298 g/mol. The normalized spacial score (nSPS) is 20.3. The van der Waals surface area contributed by atoms with Crippen molar-refractivity contribution in [2.45, 2.75) is 58.2 Å². The van der Waals surface area contributed by atoms with Crippen LogP contribution in [0.1, 0.15) is 39.2 Å². The molecule has 1 amide bonds. The summed E-state index contributed by atoms with van der Waals surface area (Å²) in [7, 11) is 0. The number of carbonyl (C=O) groups is 1. The zero-order valence-corrected chi connectivity index (χ0v) is 13.9. The molecule has 0 saturated heterocycles. The van der Waals surface area contributed by atoms with E-state index in [-0.39, 0.29) is 17.8 Å². The first-order valence-corrected chi connectivity index (χ1v) is 7.65. The summed E-state index contributed by atoms with van der Waals surface area (Å²) in [6.07, 6.45) is 0.997. The number of nitro benzene ring substituents is 1. The molecule has 0 heterocycles. The van der Waals surface area contributed by atoms with Crippen molar-refractivity contribution in [2.75, 3.05) is 5.32 Å². The molecule has 1 fully saturated rings. The lowest BCUT2D eigenvalue weighted by atomic mass is 9.86. The second-order valence-electron chi connectivity index (χ2n) is 6.93. The lowest BCUT2D eigenvalue weighted by molar-refractivity contribution is -0.384. The molecule has 7 nitrogen and oxygen atoms in total. The first-order valence-electron chi connectivity index (χ1n) is 7.65. The van der Waals surface area contributed by atoms with E-state index in [4.69, 9.17) is 4.74 Å². The fourth-order valence-electron chi connectivity index (χ4n) is 2.47. The SMILES string of the molecule is Cc1ccc([N+](=O)[O-])c(NC2CC(NC(=O)OC(C)(C)C)C2)c1. The molecular formula is C16H23N3O4. The summed E-state index contributed by atoms with van der Waals surface area (Å²) in [6.45, 7) is 7.33. The smallest absolute Gasteiger partial charge is 0.407 e. The maximum atomic E-state index is 11.7. The van der Waals surface area contributed by atoms with E-state index in [9.17, 15) is 14.9 Å². The Hall–Kier alpha value is -2.31. The van der Waals surface area contributed by atoms with Crippen molar-refractivity contribution in [1.82, 2.24) is 5.32 Å². The van der Waals surface area contributed by atoms with Gasteiger partial charge in [0.1, 0.15) is 11.3 Å². The number of nitrogens with one attached hydrogen (secondary N) is 2. The summed E-state index contributed by atoms with van der Waals surface area (Å²) in [6, 6.07) is 5.14. The summed E-state index contributed by atoms with van der Waals surface area (Å²) in [5, 5.41) is 17.0. The number of benzene rings is 1. The van der Waals surface area contributed by atoms with Crippen molar-refractivity contribution >= 4 is 17.5 Å². The Labute approximate surface area is 135 Å². The number of alkyl carbamates (subject to hydrolysis) is 1. The second kappa shape index (κ2) is 6.44. The number of anilines is 1. The first kappa shape index (κ1) is 17.1. The van der Waals surface area contributed by atoms with Gasteiger partial charge in [-0.15, -0.1) is 0 Å². The highest BCUT2D eigenvalue weighted by Crippen LogP contribution is 2.30. The maximum absolute atomic E-state index is 11.7. The van der Waals surface area contributed by atoms with Crippen LogP contribution in [0.5, 0.6) is 0 Å². The van der Waals surface area contributed by atoms with Crippen LogP contribution in [0.3, 0.4) is 0 Å². The van der Waals surface area contributed by atoms with E-state index in [0.29, 0.717) is 18.5 Å². The predicted octanol–water partition coefficient (Wildman–Crippen LogP) is 3.37. The van der Waals surface area contributed by atoms with Crippen LogP contribution in [-0.2, 0) is 4.74 Å². The van der Waals surface area contributed by atoms with Gasteiger partial charge in [-0.3, -0.25) is 10.1 Å². The molecule has 1 saturated carbocycles. The minimum atomic E-state index is -0.520. The van der Waals surface area contributed by atoms with E-state index >= 15 is 0 Å². The Morgan fingerprint density at radius 1 is 1.30 bits per heavy atom. The van der Waals surface area contributed by atoms with Crippen LogP contribution in [-0.4, -0.2) is 28.7 Å². The van der Waals surface area contributed by atoms with Gasteiger partial charge in [0.25, 0.3) is 5.69 Å². The first-order chi connectivity index (χ1) is 10.6. The number of ether oxygens (including phenoxy) is 1. The monoisotopic (exact) mass is 321 g/mol. The van der Waals surface area contributed by atoms with Gasteiger partial charge in [0.15, 0.2) is 0 Å². The molecule has 0 bridgehead atoms. The molecule has 1 aromatic rings. The number of hydrogen-bond acceptors (Lipinski definition) is 5. The quantitative estimate of drug-likeness (QED) is 0.655. The van der Waals surface area contributed by atoms with Gasteiger partial charge in [0.05, 0.1) is 4.92 Å². The van der Waals surface area contributed by atoms with E-state index in [2.05, 4.69) is 10.6 Å². The highest BCUT2D eigenvalue weighted by atomic mass is 16.6. The number of carbonyl (C=O) groups excluding carboxylic acids is 1. The summed E-state index contributed by atoms with van der Waals surface area (Å²) in [5.74, 6) is 0. The summed E-state index contributed by atoms with van der Waals surface area (Å²) >= 11 is 0. The van der Waals surface area contributed by atoms with Crippen LogP contribution in [0, 0.1) is 17.0 Å². The molecule has 2 N–H and O–H groups in total. The van der Waals surface area contributed by atoms with Crippen LogP contribution in [0.2, 0.25) is 0 Å². The van der Waals surface area contributed by atoms with Gasteiger partial charge < -0.3 is 15.4 Å². The highest BCUT2D eigenvalue weighted by molar-refractivity contribution is 5.68. The van der Waals surface area contributed by atoms with Crippen molar-refractivity contribution < 1.29 is 14.5 Å². The van der Waals surface area contributed by atoms with Crippen molar-refractivity contribution in [2.24, 2.45) is 0 Å². The summed E-state index contributed by atoms with van der Waals surface area (Å²) in [4.78, 5) is 22.3. The van der Waals surface area contributed by atoms with Crippen molar-refractivity contribution in [3.05, 3.63) is 33.9 Å². The minimum absolute atomic E-state index is 0.0335. The molecule has 0 atom stereocenters. The number of aryl methyl sites for hydroxylation is 1. The molecule has 0 radical (unpaired) electrons. The van der Waals surface area contributed by atoms with Gasteiger partial charge >= 0.3 is 6.09 Å². The third kappa shape index (κ3) is 4.84. The molecule has 0 aromatic heterocycles.